The lowest BCUT2D eigenvalue weighted by molar-refractivity contribution is -0.127. The second kappa shape index (κ2) is 10.5. The van der Waals surface area contributed by atoms with Crippen LogP contribution in [0.1, 0.15) is 5.56 Å². The van der Waals surface area contributed by atoms with Crippen LogP contribution < -0.4 is 14.8 Å². The number of nitrogens with zero attached hydrogens (tertiary/aromatic N) is 1. The SMILES string of the molecule is C#CCOc1c(Br)cc(/C=C2\SC(=O)N(CC(=O)Nc3ccc(F)cc3F)C2=O)cc1OC. The normalized spacial score (nSPS) is 14.4. The van der Waals surface area contributed by atoms with Gasteiger partial charge in [0.2, 0.25) is 5.91 Å². The molecule has 1 aliphatic rings. The van der Waals surface area contributed by atoms with Gasteiger partial charge in [0.25, 0.3) is 11.1 Å². The fraction of sp³-hybridized carbons (Fsp3) is 0.136. The summed E-state index contributed by atoms with van der Waals surface area (Å²) >= 11 is 4.00. The molecular weight excluding hydrogens is 522 g/mol. The number of ether oxygens (including phenoxy) is 2. The highest BCUT2D eigenvalue weighted by Gasteiger charge is 2.36. The summed E-state index contributed by atoms with van der Waals surface area (Å²) in [6.45, 7) is -0.609. The average Bonchev–Trinajstić information content (AvgIpc) is 3.02. The Morgan fingerprint density at radius 1 is 1.30 bits per heavy atom. The topological polar surface area (TPSA) is 84.9 Å². The molecule has 33 heavy (non-hydrogen) atoms. The van der Waals surface area contributed by atoms with Crippen molar-refractivity contribution >= 4 is 56.5 Å². The van der Waals surface area contributed by atoms with E-state index >= 15 is 0 Å². The first-order valence-electron chi connectivity index (χ1n) is 9.17. The Bertz CT molecular complexity index is 1210. The molecule has 0 unspecified atom stereocenters. The summed E-state index contributed by atoms with van der Waals surface area (Å²) < 4.78 is 38.0. The molecule has 7 nitrogen and oxygen atoms in total. The van der Waals surface area contributed by atoms with Crippen LogP contribution in [0.4, 0.5) is 19.3 Å². The van der Waals surface area contributed by atoms with Gasteiger partial charge in [-0.05, 0) is 63.6 Å². The predicted octanol–water partition coefficient (Wildman–Crippen LogP) is 4.42. The maximum Gasteiger partial charge on any atom is 0.294 e. The highest BCUT2D eigenvalue weighted by atomic mass is 79.9. The van der Waals surface area contributed by atoms with Crippen LogP contribution in [0.15, 0.2) is 39.7 Å². The Hall–Kier alpha value is -3.36. The Labute approximate surface area is 200 Å². The Kier molecular flexibility index (Phi) is 7.73. The van der Waals surface area contributed by atoms with Crippen LogP contribution >= 0.6 is 27.7 Å². The largest absolute Gasteiger partial charge is 0.493 e. The number of carbonyl (C=O) groups is 3. The predicted molar refractivity (Wildman–Crippen MR) is 123 cm³/mol. The molecule has 1 saturated heterocycles. The molecule has 0 aliphatic carbocycles. The molecule has 170 valence electrons. The summed E-state index contributed by atoms with van der Waals surface area (Å²) in [5.41, 5.74) is 0.253. The number of rotatable bonds is 7. The van der Waals surface area contributed by atoms with Gasteiger partial charge in [-0.15, -0.1) is 6.42 Å². The number of nitrogens with one attached hydrogen (secondary N) is 1. The van der Waals surface area contributed by atoms with E-state index in [2.05, 4.69) is 27.2 Å². The van der Waals surface area contributed by atoms with Gasteiger partial charge in [-0.25, -0.2) is 8.78 Å². The second-order valence-electron chi connectivity index (χ2n) is 6.47. The monoisotopic (exact) mass is 536 g/mol. The van der Waals surface area contributed by atoms with E-state index in [4.69, 9.17) is 15.9 Å². The number of halogens is 3. The van der Waals surface area contributed by atoms with E-state index < -0.39 is 35.2 Å². The third-order valence-electron chi connectivity index (χ3n) is 4.23. The van der Waals surface area contributed by atoms with E-state index in [9.17, 15) is 23.2 Å². The molecule has 0 atom stereocenters. The maximum atomic E-state index is 13.7. The van der Waals surface area contributed by atoms with Gasteiger partial charge >= 0.3 is 0 Å². The molecule has 1 N–H and O–H groups in total. The fourth-order valence-corrected chi connectivity index (χ4v) is 4.20. The minimum absolute atomic E-state index is 0.0249. The van der Waals surface area contributed by atoms with Gasteiger partial charge in [0, 0.05) is 6.07 Å². The number of imide groups is 1. The molecule has 1 aliphatic heterocycles. The van der Waals surface area contributed by atoms with Crippen molar-refractivity contribution in [3.63, 3.8) is 0 Å². The second-order valence-corrected chi connectivity index (χ2v) is 8.31. The van der Waals surface area contributed by atoms with E-state index in [0.717, 1.165) is 17.0 Å². The number of amides is 3. The minimum atomic E-state index is -0.980. The van der Waals surface area contributed by atoms with Crippen LogP contribution in [0.5, 0.6) is 11.5 Å². The summed E-state index contributed by atoms with van der Waals surface area (Å²) in [7, 11) is 1.44. The zero-order valence-electron chi connectivity index (χ0n) is 17.0. The van der Waals surface area contributed by atoms with Crippen LogP contribution in [0, 0.1) is 24.0 Å². The maximum absolute atomic E-state index is 13.7. The molecule has 0 aromatic heterocycles. The standard InChI is InChI=1S/C22H15BrF2N2O5S/c1-3-6-32-20-14(23)7-12(8-17(20)31-2)9-18-21(29)27(22(30)33-18)11-19(28)26-16-5-4-13(24)10-15(16)25/h1,4-5,7-10H,6,11H2,2H3,(H,26,28)/b18-9-. The van der Waals surface area contributed by atoms with E-state index in [1.54, 1.807) is 12.1 Å². The van der Waals surface area contributed by atoms with E-state index in [-0.39, 0.29) is 17.2 Å². The quantitative estimate of drug-likeness (QED) is 0.416. The molecule has 2 aromatic carbocycles. The summed E-state index contributed by atoms with van der Waals surface area (Å²) in [5.74, 6) is -0.213. The van der Waals surface area contributed by atoms with Gasteiger partial charge in [-0.1, -0.05) is 5.92 Å². The number of hydrogen-bond donors (Lipinski definition) is 1. The van der Waals surface area contributed by atoms with Crippen molar-refractivity contribution in [1.29, 1.82) is 0 Å². The number of carbonyl (C=O) groups excluding carboxylic acids is 3. The molecular formula is C22H15BrF2N2O5S. The lowest BCUT2D eigenvalue weighted by Gasteiger charge is -2.13. The van der Waals surface area contributed by atoms with Crippen LogP contribution in [0.25, 0.3) is 6.08 Å². The number of benzene rings is 2. The summed E-state index contributed by atoms with van der Waals surface area (Å²) in [6.07, 6.45) is 6.67. The van der Waals surface area contributed by atoms with Crippen molar-refractivity contribution in [2.24, 2.45) is 0 Å². The van der Waals surface area contributed by atoms with Crippen molar-refractivity contribution in [2.75, 3.05) is 25.6 Å². The van der Waals surface area contributed by atoms with Gasteiger partial charge < -0.3 is 14.8 Å². The molecule has 1 heterocycles. The van der Waals surface area contributed by atoms with Crippen molar-refractivity contribution in [2.45, 2.75) is 0 Å². The molecule has 2 aromatic rings. The van der Waals surface area contributed by atoms with Crippen LogP contribution in [-0.2, 0) is 9.59 Å². The van der Waals surface area contributed by atoms with Gasteiger partial charge in [0.1, 0.15) is 24.8 Å². The van der Waals surface area contributed by atoms with Crippen molar-refractivity contribution < 1.29 is 32.6 Å². The van der Waals surface area contributed by atoms with E-state index in [0.29, 0.717) is 39.4 Å². The Morgan fingerprint density at radius 3 is 2.73 bits per heavy atom. The minimum Gasteiger partial charge on any atom is -0.493 e. The lowest BCUT2D eigenvalue weighted by atomic mass is 10.2. The van der Waals surface area contributed by atoms with Gasteiger partial charge in [0.15, 0.2) is 11.5 Å². The highest BCUT2D eigenvalue weighted by molar-refractivity contribution is 9.10. The number of thioether (sulfide) groups is 1. The summed E-state index contributed by atoms with van der Waals surface area (Å²) in [4.78, 5) is 38.0. The fourth-order valence-electron chi connectivity index (χ4n) is 2.79. The molecule has 3 rings (SSSR count). The number of terminal acetylenes is 1. The third-order valence-corrected chi connectivity index (χ3v) is 5.73. The third kappa shape index (κ3) is 5.71. The first-order valence-corrected chi connectivity index (χ1v) is 10.8. The smallest absolute Gasteiger partial charge is 0.294 e. The average molecular weight is 537 g/mol. The number of methoxy groups -OCH3 is 1. The molecule has 0 saturated carbocycles. The Balaban J connectivity index is 1.76. The van der Waals surface area contributed by atoms with E-state index in [1.165, 1.54) is 13.2 Å². The summed E-state index contributed by atoms with van der Waals surface area (Å²) in [5, 5.41) is 1.54. The summed E-state index contributed by atoms with van der Waals surface area (Å²) in [6, 6.07) is 5.85. The van der Waals surface area contributed by atoms with Gasteiger partial charge in [-0.3, -0.25) is 19.3 Å². The lowest BCUT2D eigenvalue weighted by Crippen LogP contribution is -2.36. The zero-order valence-corrected chi connectivity index (χ0v) is 19.4. The van der Waals surface area contributed by atoms with Crippen LogP contribution in [0.3, 0.4) is 0 Å². The molecule has 11 heteroatoms. The van der Waals surface area contributed by atoms with Gasteiger partial charge in [-0.2, -0.15) is 0 Å². The molecule has 0 bridgehead atoms. The van der Waals surface area contributed by atoms with Crippen molar-refractivity contribution in [3.05, 3.63) is 56.9 Å². The van der Waals surface area contributed by atoms with Crippen LogP contribution in [-0.4, -0.2) is 42.2 Å². The van der Waals surface area contributed by atoms with Crippen molar-refractivity contribution in [1.82, 2.24) is 4.90 Å². The Morgan fingerprint density at radius 2 is 2.06 bits per heavy atom. The first kappa shape index (κ1) is 24.3. The molecule has 3 amide bonds. The first-order chi connectivity index (χ1) is 15.7. The number of hydrogen-bond acceptors (Lipinski definition) is 6. The van der Waals surface area contributed by atoms with E-state index in [1.807, 2.05) is 0 Å². The molecule has 0 radical (unpaired) electrons. The zero-order chi connectivity index (χ0) is 24.1. The number of anilines is 1. The van der Waals surface area contributed by atoms with Crippen molar-refractivity contribution in [3.8, 4) is 23.8 Å². The van der Waals surface area contributed by atoms with Crippen LogP contribution in [0.2, 0.25) is 0 Å². The highest BCUT2D eigenvalue weighted by Crippen LogP contribution is 2.39. The molecule has 0 spiro atoms. The van der Waals surface area contributed by atoms with Gasteiger partial charge in [0.05, 0.1) is 22.2 Å². The molecule has 1 fully saturated rings.